The fourth-order valence-electron chi connectivity index (χ4n) is 3.14. The summed E-state index contributed by atoms with van der Waals surface area (Å²) < 4.78 is 5.46. The van der Waals surface area contributed by atoms with Crippen molar-refractivity contribution in [3.63, 3.8) is 0 Å². The van der Waals surface area contributed by atoms with Crippen LogP contribution in [-0.2, 0) is 24.3 Å². The van der Waals surface area contributed by atoms with Crippen LogP contribution < -0.4 is 5.32 Å². The Bertz CT molecular complexity index is 972. The van der Waals surface area contributed by atoms with E-state index in [-0.39, 0.29) is 11.8 Å². The van der Waals surface area contributed by atoms with E-state index in [4.69, 9.17) is 4.42 Å². The second kappa shape index (κ2) is 8.66. The maximum atomic E-state index is 13.0. The minimum Gasteiger partial charge on any atom is -0.467 e. The molecular formula is C23H24N2O3S. The normalized spacial score (nSPS) is 13.3. The van der Waals surface area contributed by atoms with Gasteiger partial charge >= 0.3 is 0 Å². The van der Waals surface area contributed by atoms with E-state index in [1.54, 1.807) is 22.5 Å². The summed E-state index contributed by atoms with van der Waals surface area (Å²) >= 11 is 1.65. The van der Waals surface area contributed by atoms with Gasteiger partial charge < -0.3 is 14.6 Å². The van der Waals surface area contributed by atoms with E-state index in [1.165, 1.54) is 4.88 Å². The van der Waals surface area contributed by atoms with Gasteiger partial charge in [0.25, 0.3) is 5.91 Å². The number of nitrogens with one attached hydrogen (secondary N) is 1. The van der Waals surface area contributed by atoms with E-state index < -0.39 is 0 Å². The highest BCUT2D eigenvalue weighted by atomic mass is 32.1. The van der Waals surface area contributed by atoms with Crippen LogP contribution in [0.15, 0.2) is 59.2 Å². The van der Waals surface area contributed by atoms with Gasteiger partial charge in [0, 0.05) is 27.9 Å². The number of aryl methyl sites for hydroxylation is 1. The van der Waals surface area contributed by atoms with Crippen LogP contribution in [0.2, 0.25) is 0 Å². The molecule has 1 saturated carbocycles. The Labute approximate surface area is 174 Å². The third-order valence-corrected chi connectivity index (χ3v) is 5.90. The summed E-state index contributed by atoms with van der Waals surface area (Å²) in [5.74, 6) is 0.774. The monoisotopic (exact) mass is 408 g/mol. The standard InChI is InChI=1S/C23H24N2O3S/c1-16-4-11-21(29-16)13-22(26)25(15-20-3-2-12-28-20)14-17-5-7-18(8-6-17)23(27)24-19-9-10-19/h2-8,11-12,19H,9-10,13-15H2,1H3,(H,24,27). The molecule has 0 spiro atoms. The Kier molecular flexibility index (Phi) is 5.81. The number of amides is 2. The molecule has 0 radical (unpaired) electrons. The summed E-state index contributed by atoms with van der Waals surface area (Å²) in [5.41, 5.74) is 1.63. The van der Waals surface area contributed by atoms with E-state index in [0.717, 1.165) is 29.0 Å². The molecule has 4 rings (SSSR count). The topological polar surface area (TPSA) is 62.6 Å². The van der Waals surface area contributed by atoms with E-state index in [2.05, 4.69) is 5.32 Å². The van der Waals surface area contributed by atoms with Crippen LogP contribution in [0.3, 0.4) is 0 Å². The van der Waals surface area contributed by atoms with Crippen molar-refractivity contribution < 1.29 is 14.0 Å². The van der Waals surface area contributed by atoms with Crippen molar-refractivity contribution in [1.29, 1.82) is 0 Å². The number of benzene rings is 1. The van der Waals surface area contributed by atoms with Gasteiger partial charge in [0.2, 0.25) is 5.91 Å². The molecule has 5 nitrogen and oxygen atoms in total. The van der Waals surface area contributed by atoms with Crippen molar-refractivity contribution in [2.75, 3.05) is 0 Å². The largest absolute Gasteiger partial charge is 0.467 e. The molecule has 1 aliphatic rings. The van der Waals surface area contributed by atoms with Crippen LogP contribution in [0.4, 0.5) is 0 Å². The van der Waals surface area contributed by atoms with E-state index in [1.807, 2.05) is 55.5 Å². The number of hydrogen-bond acceptors (Lipinski definition) is 4. The Hall–Kier alpha value is -2.86. The molecule has 0 unspecified atom stereocenters. The molecule has 0 saturated heterocycles. The number of carbonyl (C=O) groups excluding carboxylic acids is 2. The highest BCUT2D eigenvalue weighted by molar-refractivity contribution is 7.12. The molecule has 0 bridgehead atoms. The highest BCUT2D eigenvalue weighted by Crippen LogP contribution is 2.20. The number of nitrogens with zero attached hydrogens (tertiary/aromatic N) is 1. The SMILES string of the molecule is Cc1ccc(CC(=O)N(Cc2ccc(C(=O)NC3CC3)cc2)Cc2ccco2)s1. The zero-order valence-electron chi connectivity index (χ0n) is 16.4. The average molecular weight is 409 g/mol. The second-order valence-corrected chi connectivity index (χ2v) is 8.84. The average Bonchev–Trinajstić information content (AvgIpc) is 3.19. The predicted octanol–water partition coefficient (Wildman–Crippen LogP) is 4.31. The first kappa shape index (κ1) is 19.5. The van der Waals surface area contributed by atoms with Gasteiger partial charge in [-0.3, -0.25) is 9.59 Å². The molecule has 150 valence electrons. The van der Waals surface area contributed by atoms with Gasteiger partial charge in [-0.25, -0.2) is 0 Å². The first-order valence-electron chi connectivity index (χ1n) is 9.82. The van der Waals surface area contributed by atoms with Crippen molar-refractivity contribution in [1.82, 2.24) is 10.2 Å². The van der Waals surface area contributed by atoms with Gasteiger partial charge in [-0.2, -0.15) is 0 Å². The molecule has 2 heterocycles. The van der Waals surface area contributed by atoms with Crippen molar-refractivity contribution in [2.24, 2.45) is 0 Å². The van der Waals surface area contributed by atoms with Crippen LogP contribution in [-0.4, -0.2) is 22.8 Å². The molecule has 1 N–H and O–H groups in total. The van der Waals surface area contributed by atoms with E-state index in [9.17, 15) is 9.59 Å². The molecule has 1 fully saturated rings. The van der Waals surface area contributed by atoms with Gasteiger partial charge in [-0.15, -0.1) is 11.3 Å². The zero-order valence-corrected chi connectivity index (χ0v) is 17.2. The number of carbonyl (C=O) groups is 2. The fraction of sp³-hybridized carbons (Fsp3) is 0.304. The molecular weight excluding hydrogens is 384 g/mol. The lowest BCUT2D eigenvalue weighted by molar-refractivity contribution is -0.131. The fourth-order valence-corrected chi connectivity index (χ4v) is 4.02. The Morgan fingerprint density at radius 3 is 2.52 bits per heavy atom. The van der Waals surface area contributed by atoms with Crippen LogP contribution in [0.1, 0.15) is 44.3 Å². The van der Waals surface area contributed by atoms with Crippen molar-refractivity contribution in [3.8, 4) is 0 Å². The lowest BCUT2D eigenvalue weighted by atomic mass is 10.1. The minimum atomic E-state index is -0.0318. The lowest BCUT2D eigenvalue weighted by Gasteiger charge is -2.22. The van der Waals surface area contributed by atoms with Crippen LogP contribution >= 0.6 is 11.3 Å². The maximum Gasteiger partial charge on any atom is 0.251 e. The van der Waals surface area contributed by atoms with E-state index >= 15 is 0 Å². The Morgan fingerprint density at radius 2 is 1.90 bits per heavy atom. The van der Waals surface area contributed by atoms with Gasteiger partial charge in [0.1, 0.15) is 5.76 Å². The molecule has 29 heavy (non-hydrogen) atoms. The summed E-state index contributed by atoms with van der Waals surface area (Å²) in [6.07, 6.45) is 4.13. The molecule has 2 amide bonds. The molecule has 0 atom stereocenters. The van der Waals surface area contributed by atoms with Crippen molar-refractivity contribution >= 4 is 23.2 Å². The summed E-state index contributed by atoms with van der Waals surface area (Å²) in [5, 5.41) is 2.99. The van der Waals surface area contributed by atoms with Crippen molar-refractivity contribution in [2.45, 2.75) is 45.3 Å². The van der Waals surface area contributed by atoms with Gasteiger partial charge in [0.15, 0.2) is 0 Å². The molecule has 1 aromatic carbocycles. The zero-order chi connectivity index (χ0) is 20.2. The number of thiophene rings is 1. The predicted molar refractivity (Wildman–Crippen MR) is 113 cm³/mol. The number of furan rings is 1. The molecule has 2 aromatic heterocycles. The van der Waals surface area contributed by atoms with Crippen LogP contribution in [0.25, 0.3) is 0 Å². The van der Waals surface area contributed by atoms with Gasteiger partial charge in [-0.05, 0) is 61.7 Å². The number of hydrogen-bond donors (Lipinski definition) is 1. The van der Waals surface area contributed by atoms with Crippen LogP contribution in [0.5, 0.6) is 0 Å². The molecule has 0 aliphatic heterocycles. The minimum absolute atomic E-state index is 0.0318. The Morgan fingerprint density at radius 1 is 1.10 bits per heavy atom. The summed E-state index contributed by atoms with van der Waals surface area (Å²) in [7, 11) is 0. The maximum absolute atomic E-state index is 13.0. The second-order valence-electron chi connectivity index (χ2n) is 7.46. The Balaban J connectivity index is 1.45. The van der Waals surface area contributed by atoms with E-state index in [0.29, 0.717) is 31.1 Å². The first-order chi connectivity index (χ1) is 14.1. The molecule has 1 aliphatic carbocycles. The molecule has 6 heteroatoms. The smallest absolute Gasteiger partial charge is 0.251 e. The summed E-state index contributed by atoms with van der Waals surface area (Å²) in [6.45, 7) is 2.93. The summed E-state index contributed by atoms with van der Waals surface area (Å²) in [4.78, 5) is 29.2. The number of rotatable bonds is 8. The van der Waals surface area contributed by atoms with Gasteiger partial charge in [0.05, 0.1) is 19.2 Å². The summed E-state index contributed by atoms with van der Waals surface area (Å²) in [6, 6.07) is 15.6. The first-order valence-corrected chi connectivity index (χ1v) is 10.6. The lowest BCUT2D eigenvalue weighted by Crippen LogP contribution is -2.31. The highest BCUT2D eigenvalue weighted by Gasteiger charge is 2.24. The third kappa shape index (κ3) is 5.35. The van der Waals surface area contributed by atoms with Gasteiger partial charge in [-0.1, -0.05) is 12.1 Å². The quantitative estimate of drug-likeness (QED) is 0.604. The molecule has 3 aromatic rings. The van der Waals surface area contributed by atoms with Crippen LogP contribution in [0, 0.1) is 6.92 Å². The van der Waals surface area contributed by atoms with Crippen molar-refractivity contribution in [3.05, 3.63) is 81.4 Å². The third-order valence-electron chi connectivity index (χ3n) is 4.90.